The van der Waals surface area contributed by atoms with Crippen molar-refractivity contribution in [2.24, 2.45) is 10.7 Å². The Balaban J connectivity index is 2.04. The third kappa shape index (κ3) is 3.41. The summed E-state index contributed by atoms with van der Waals surface area (Å²) in [7, 11) is 0. The highest BCUT2D eigenvalue weighted by Gasteiger charge is 2.38. The van der Waals surface area contributed by atoms with Gasteiger partial charge in [-0.25, -0.2) is 0 Å². The number of nitrogens with one attached hydrogen (secondary N) is 1. The Morgan fingerprint density at radius 3 is 2.58 bits per heavy atom. The predicted molar refractivity (Wildman–Crippen MR) is 81.8 cm³/mol. The van der Waals surface area contributed by atoms with Gasteiger partial charge >= 0.3 is 0 Å². The zero-order chi connectivity index (χ0) is 13.7. The lowest BCUT2D eigenvalue weighted by Gasteiger charge is -2.41. The molecule has 0 amide bonds. The first-order valence-electron chi connectivity index (χ1n) is 6.96. The molecule has 3 nitrogen and oxygen atoms in total. The molecule has 0 bridgehead atoms. The van der Waals surface area contributed by atoms with E-state index in [0.717, 1.165) is 24.5 Å². The molecule has 2 rings (SSSR count). The molecule has 1 aliphatic rings. The maximum absolute atomic E-state index is 5.95. The first-order chi connectivity index (χ1) is 9.16. The molecule has 1 saturated carbocycles. The van der Waals surface area contributed by atoms with E-state index in [2.05, 4.69) is 29.4 Å². The first kappa shape index (κ1) is 14.2. The molecule has 0 unspecified atom stereocenters. The molecule has 1 aromatic rings. The quantitative estimate of drug-likeness (QED) is 0.643. The predicted octanol–water partition coefficient (Wildman–Crippen LogP) is 3.08. The first-order valence-corrected chi connectivity index (χ1v) is 7.34. The van der Waals surface area contributed by atoms with E-state index in [1.54, 1.807) is 0 Å². The van der Waals surface area contributed by atoms with Crippen LogP contribution in [0.15, 0.2) is 29.3 Å². The highest BCUT2D eigenvalue weighted by Crippen LogP contribution is 2.44. The zero-order valence-electron chi connectivity index (χ0n) is 11.5. The van der Waals surface area contributed by atoms with Crippen LogP contribution < -0.4 is 11.1 Å². The van der Waals surface area contributed by atoms with Gasteiger partial charge in [0.2, 0.25) is 0 Å². The Labute approximate surface area is 120 Å². The summed E-state index contributed by atoms with van der Waals surface area (Å²) in [4.78, 5) is 4.50. The Morgan fingerprint density at radius 2 is 2.05 bits per heavy atom. The van der Waals surface area contributed by atoms with Crippen molar-refractivity contribution in [2.75, 3.05) is 13.1 Å². The van der Waals surface area contributed by atoms with Crippen LogP contribution in [0.5, 0.6) is 0 Å². The molecule has 0 spiro atoms. The molecule has 0 radical (unpaired) electrons. The Hall–Kier alpha value is -1.22. The summed E-state index contributed by atoms with van der Waals surface area (Å²) in [5, 5.41) is 3.90. The van der Waals surface area contributed by atoms with Gasteiger partial charge in [0.25, 0.3) is 0 Å². The maximum atomic E-state index is 5.95. The SMILES string of the molecule is CCCNC(N)=NCC1(c2ccc(Cl)cc2)CCC1. The summed E-state index contributed by atoms with van der Waals surface area (Å²) >= 11 is 5.95. The van der Waals surface area contributed by atoms with E-state index in [4.69, 9.17) is 17.3 Å². The molecule has 3 N–H and O–H groups in total. The van der Waals surface area contributed by atoms with Crippen molar-refractivity contribution in [3.8, 4) is 0 Å². The second-order valence-corrected chi connectivity index (χ2v) is 5.71. The lowest BCUT2D eigenvalue weighted by Crippen LogP contribution is -2.40. The lowest BCUT2D eigenvalue weighted by molar-refractivity contribution is 0.253. The Morgan fingerprint density at radius 1 is 1.37 bits per heavy atom. The summed E-state index contributed by atoms with van der Waals surface area (Å²) in [6.45, 7) is 3.75. The van der Waals surface area contributed by atoms with Crippen LogP contribution in [0.1, 0.15) is 38.2 Å². The van der Waals surface area contributed by atoms with Gasteiger partial charge in [0.1, 0.15) is 0 Å². The van der Waals surface area contributed by atoms with Gasteiger partial charge in [-0.15, -0.1) is 0 Å². The highest BCUT2D eigenvalue weighted by atomic mass is 35.5. The summed E-state index contributed by atoms with van der Waals surface area (Å²) in [6.07, 6.45) is 4.68. The Bertz CT molecular complexity index is 435. The molecule has 19 heavy (non-hydrogen) atoms. The topological polar surface area (TPSA) is 50.4 Å². The number of aliphatic imine (C=N–C) groups is 1. The van der Waals surface area contributed by atoms with Gasteiger partial charge in [-0.2, -0.15) is 0 Å². The number of rotatable bonds is 5. The minimum atomic E-state index is 0.170. The standard InChI is InChI=1S/C15H22ClN3/c1-2-10-18-14(17)19-11-15(8-3-9-15)12-4-6-13(16)7-5-12/h4-7H,2-3,8-11H2,1H3,(H3,17,18,19). The third-order valence-electron chi connectivity index (χ3n) is 3.88. The number of guanidine groups is 1. The van der Waals surface area contributed by atoms with Gasteiger partial charge < -0.3 is 11.1 Å². The van der Waals surface area contributed by atoms with Crippen LogP contribution in [0.4, 0.5) is 0 Å². The number of hydrogen-bond donors (Lipinski definition) is 2. The second kappa shape index (κ2) is 6.29. The largest absolute Gasteiger partial charge is 0.370 e. The van der Waals surface area contributed by atoms with E-state index in [1.807, 2.05) is 12.1 Å². The molecule has 0 atom stereocenters. The molecule has 0 aromatic heterocycles. The summed E-state index contributed by atoms with van der Waals surface area (Å²) in [6, 6.07) is 8.15. The van der Waals surface area contributed by atoms with Crippen LogP contribution >= 0.6 is 11.6 Å². The summed E-state index contributed by atoms with van der Waals surface area (Å²) < 4.78 is 0. The number of nitrogens with two attached hydrogens (primary N) is 1. The maximum Gasteiger partial charge on any atom is 0.188 e. The van der Waals surface area contributed by atoms with Crippen molar-refractivity contribution in [2.45, 2.75) is 38.0 Å². The van der Waals surface area contributed by atoms with Crippen LogP contribution in [-0.2, 0) is 5.41 Å². The van der Waals surface area contributed by atoms with Crippen LogP contribution in [0, 0.1) is 0 Å². The fourth-order valence-corrected chi connectivity index (χ4v) is 2.62. The molecule has 4 heteroatoms. The van der Waals surface area contributed by atoms with Crippen LogP contribution in [0.3, 0.4) is 0 Å². The fourth-order valence-electron chi connectivity index (χ4n) is 2.49. The molecule has 0 aliphatic heterocycles. The molecular formula is C15H22ClN3. The average Bonchev–Trinajstić information content (AvgIpc) is 2.37. The molecule has 1 fully saturated rings. The minimum absolute atomic E-state index is 0.170. The molecular weight excluding hydrogens is 258 g/mol. The van der Waals surface area contributed by atoms with E-state index >= 15 is 0 Å². The summed E-state index contributed by atoms with van der Waals surface area (Å²) in [5.41, 5.74) is 7.36. The van der Waals surface area contributed by atoms with E-state index in [0.29, 0.717) is 5.96 Å². The van der Waals surface area contributed by atoms with Crippen molar-refractivity contribution in [3.05, 3.63) is 34.9 Å². The average molecular weight is 280 g/mol. The van der Waals surface area contributed by atoms with Gasteiger partial charge in [0.15, 0.2) is 5.96 Å². The monoisotopic (exact) mass is 279 g/mol. The lowest BCUT2D eigenvalue weighted by atomic mass is 9.64. The zero-order valence-corrected chi connectivity index (χ0v) is 12.2. The van der Waals surface area contributed by atoms with Gasteiger partial charge in [0.05, 0.1) is 6.54 Å². The van der Waals surface area contributed by atoms with Gasteiger partial charge in [-0.3, -0.25) is 4.99 Å². The van der Waals surface area contributed by atoms with Crippen molar-refractivity contribution < 1.29 is 0 Å². The van der Waals surface area contributed by atoms with E-state index in [-0.39, 0.29) is 5.41 Å². The van der Waals surface area contributed by atoms with Crippen molar-refractivity contribution in [1.29, 1.82) is 0 Å². The normalized spacial score (nSPS) is 17.9. The van der Waals surface area contributed by atoms with E-state index < -0.39 is 0 Å². The van der Waals surface area contributed by atoms with Crippen molar-refractivity contribution in [3.63, 3.8) is 0 Å². The molecule has 0 saturated heterocycles. The van der Waals surface area contributed by atoms with Crippen molar-refractivity contribution >= 4 is 17.6 Å². The van der Waals surface area contributed by atoms with Gasteiger partial charge in [-0.05, 0) is 37.0 Å². The molecule has 104 valence electrons. The minimum Gasteiger partial charge on any atom is -0.370 e. The number of hydrogen-bond acceptors (Lipinski definition) is 1. The van der Waals surface area contributed by atoms with Crippen LogP contribution in [-0.4, -0.2) is 19.0 Å². The van der Waals surface area contributed by atoms with Crippen molar-refractivity contribution in [1.82, 2.24) is 5.32 Å². The molecule has 1 aliphatic carbocycles. The van der Waals surface area contributed by atoms with Gasteiger partial charge in [0, 0.05) is 17.0 Å². The molecule has 0 heterocycles. The number of nitrogens with zero attached hydrogens (tertiary/aromatic N) is 1. The second-order valence-electron chi connectivity index (χ2n) is 5.27. The third-order valence-corrected chi connectivity index (χ3v) is 4.13. The summed E-state index contributed by atoms with van der Waals surface area (Å²) in [5.74, 6) is 0.557. The highest BCUT2D eigenvalue weighted by molar-refractivity contribution is 6.30. The molecule has 1 aromatic carbocycles. The number of halogens is 1. The van der Waals surface area contributed by atoms with Crippen LogP contribution in [0.2, 0.25) is 5.02 Å². The number of benzene rings is 1. The Kier molecular flexibility index (Phi) is 4.70. The van der Waals surface area contributed by atoms with Crippen LogP contribution in [0.25, 0.3) is 0 Å². The smallest absolute Gasteiger partial charge is 0.188 e. The van der Waals surface area contributed by atoms with Gasteiger partial charge in [-0.1, -0.05) is 37.1 Å². The fraction of sp³-hybridized carbons (Fsp3) is 0.533. The van der Waals surface area contributed by atoms with E-state index in [9.17, 15) is 0 Å². The van der Waals surface area contributed by atoms with E-state index in [1.165, 1.54) is 24.8 Å².